The maximum Gasteiger partial charge on any atom is 0.490 e. The van der Waals surface area contributed by atoms with Crippen LogP contribution in [0.15, 0.2) is 79.3 Å². The minimum Gasteiger partial charge on any atom is -0.497 e. The summed E-state index contributed by atoms with van der Waals surface area (Å²) in [6.07, 6.45) is 5.19. The molecule has 0 saturated carbocycles. The predicted molar refractivity (Wildman–Crippen MR) is 187 cm³/mol. The summed E-state index contributed by atoms with van der Waals surface area (Å²) < 4.78 is 39.5. The summed E-state index contributed by atoms with van der Waals surface area (Å²) in [5.41, 5.74) is 6.10. The topological polar surface area (TPSA) is 139 Å². The number of aromatic amines is 1. The molecule has 13 heteroatoms. The molecule has 51 heavy (non-hydrogen) atoms. The zero-order chi connectivity index (χ0) is 37.0. The number of alkyl halides is 3. The number of fused-ring (bicyclic) bond motifs is 1. The molecule has 10 nitrogen and oxygen atoms in total. The molecule has 0 saturated heterocycles. The van der Waals surface area contributed by atoms with Crippen LogP contribution in [0, 0.1) is 6.92 Å². The van der Waals surface area contributed by atoms with Gasteiger partial charge in [0.2, 0.25) is 5.91 Å². The molecular weight excluding hydrogens is 663 g/mol. The summed E-state index contributed by atoms with van der Waals surface area (Å²) in [6.45, 7) is 4.63. The van der Waals surface area contributed by atoms with Gasteiger partial charge in [0.05, 0.1) is 31.5 Å². The van der Waals surface area contributed by atoms with Crippen LogP contribution in [0.1, 0.15) is 74.1 Å². The van der Waals surface area contributed by atoms with Gasteiger partial charge in [-0.1, -0.05) is 56.2 Å². The van der Waals surface area contributed by atoms with E-state index in [4.69, 9.17) is 14.6 Å². The number of rotatable bonds is 15. The number of Topliss-reactive ketones (excluding diaryl/α,β-unsaturated/α-hetero) is 1. The molecule has 1 amide bonds. The number of amides is 1. The number of aromatic nitrogens is 4. The number of ketones is 1. The van der Waals surface area contributed by atoms with E-state index in [2.05, 4.69) is 43.9 Å². The van der Waals surface area contributed by atoms with Crippen molar-refractivity contribution in [1.29, 1.82) is 0 Å². The lowest BCUT2D eigenvalue weighted by atomic mass is 10.0. The largest absolute Gasteiger partial charge is 0.497 e. The van der Waals surface area contributed by atoms with Gasteiger partial charge in [0.25, 0.3) is 0 Å². The number of carboxylic acids is 1. The van der Waals surface area contributed by atoms with Crippen molar-refractivity contribution in [3.8, 4) is 17.0 Å². The maximum absolute atomic E-state index is 13.8. The summed E-state index contributed by atoms with van der Waals surface area (Å²) in [7, 11) is 1.66. The number of benzene rings is 2. The Balaban J connectivity index is 0.000000755. The number of nitrogens with one attached hydrogen (secondary N) is 2. The fourth-order valence-electron chi connectivity index (χ4n) is 5.74. The first-order chi connectivity index (χ1) is 24.4. The van der Waals surface area contributed by atoms with E-state index in [0.29, 0.717) is 25.2 Å². The minimum absolute atomic E-state index is 0.0693. The number of pyridine rings is 1. The Morgan fingerprint density at radius 1 is 1.02 bits per heavy atom. The number of carboxylic acid groups (broad SMARTS) is 1. The smallest absolute Gasteiger partial charge is 0.490 e. The number of carbonyl (C=O) groups is 3. The van der Waals surface area contributed by atoms with Gasteiger partial charge in [-0.3, -0.25) is 14.6 Å². The molecule has 3 aromatic heterocycles. The Morgan fingerprint density at radius 2 is 1.76 bits per heavy atom. The molecule has 0 aliphatic heterocycles. The zero-order valence-corrected chi connectivity index (χ0v) is 28.8. The number of hydrogen-bond acceptors (Lipinski definition) is 6. The number of imidazole rings is 1. The van der Waals surface area contributed by atoms with E-state index in [-0.39, 0.29) is 18.4 Å². The van der Waals surface area contributed by atoms with Crippen LogP contribution in [0.5, 0.6) is 5.75 Å². The normalized spacial score (nSPS) is 11.8. The van der Waals surface area contributed by atoms with Crippen molar-refractivity contribution >= 4 is 28.6 Å². The van der Waals surface area contributed by atoms with Crippen LogP contribution in [0.3, 0.4) is 0 Å². The van der Waals surface area contributed by atoms with Gasteiger partial charge in [-0.25, -0.2) is 9.78 Å². The highest BCUT2D eigenvalue weighted by Crippen LogP contribution is 2.31. The number of halogens is 3. The van der Waals surface area contributed by atoms with Gasteiger partial charge >= 0.3 is 12.1 Å². The fourth-order valence-corrected chi connectivity index (χ4v) is 5.74. The number of hydrogen-bond donors (Lipinski definition) is 3. The zero-order valence-electron chi connectivity index (χ0n) is 28.8. The molecule has 0 bridgehead atoms. The van der Waals surface area contributed by atoms with Crippen LogP contribution in [-0.4, -0.2) is 55.6 Å². The Labute approximate surface area is 294 Å². The molecule has 0 aliphatic carbocycles. The summed E-state index contributed by atoms with van der Waals surface area (Å²) >= 11 is 0. The number of ether oxygens (including phenoxy) is 1. The summed E-state index contributed by atoms with van der Waals surface area (Å²) in [5.74, 6) is -1.05. The van der Waals surface area contributed by atoms with E-state index in [9.17, 15) is 22.8 Å². The van der Waals surface area contributed by atoms with E-state index in [1.807, 2.05) is 67.8 Å². The fraction of sp³-hybridized carbons (Fsp3) is 0.342. The molecule has 2 aromatic carbocycles. The molecule has 3 heterocycles. The summed E-state index contributed by atoms with van der Waals surface area (Å²) in [5, 5.41) is 11.4. The minimum atomic E-state index is -5.08. The van der Waals surface area contributed by atoms with Gasteiger partial charge in [0.1, 0.15) is 17.4 Å². The lowest BCUT2D eigenvalue weighted by molar-refractivity contribution is -0.192. The second-order valence-corrected chi connectivity index (χ2v) is 12.0. The monoisotopic (exact) mass is 705 g/mol. The maximum atomic E-state index is 13.8. The highest BCUT2D eigenvalue weighted by Gasteiger charge is 2.38. The Hall–Kier alpha value is -5.46. The second kappa shape index (κ2) is 18.0. The standard InChI is InChI=1S/C36H41N5O3.C2HF3O2/c1-4-28(42)15-9-6-10-16-32(36-38-23-33(40-36)27-13-7-5-8-14-27)39-35(43)21-30-25(2)41(24-26-12-11-19-37-22-26)34-18-17-29(44-3)20-31(30)34;3-2(4,5)1(6)7/h5,7-8,11-14,17-20,22-23,32H,4,6,9-10,15-16,21,24H2,1-3H3,(H,38,40)(H,39,43);(H,6,7)/t32-;/m0./s1. The average molecular weight is 706 g/mol. The van der Waals surface area contributed by atoms with Gasteiger partial charge < -0.3 is 24.7 Å². The molecule has 0 radical (unpaired) electrons. The molecule has 0 unspecified atom stereocenters. The van der Waals surface area contributed by atoms with Crippen molar-refractivity contribution in [3.63, 3.8) is 0 Å². The molecule has 0 aliphatic rings. The van der Waals surface area contributed by atoms with Crippen molar-refractivity contribution in [2.75, 3.05) is 7.11 Å². The first kappa shape index (κ1) is 38.3. The molecule has 3 N–H and O–H groups in total. The number of H-pyrrole nitrogens is 1. The highest BCUT2D eigenvalue weighted by atomic mass is 19.4. The third kappa shape index (κ3) is 10.8. The van der Waals surface area contributed by atoms with Crippen molar-refractivity contribution in [1.82, 2.24) is 24.8 Å². The van der Waals surface area contributed by atoms with Gasteiger partial charge in [0, 0.05) is 48.4 Å². The number of nitrogens with zero attached hydrogens (tertiary/aromatic N) is 3. The Kier molecular flexibility index (Phi) is 13.5. The molecule has 270 valence electrons. The summed E-state index contributed by atoms with van der Waals surface area (Å²) in [4.78, 5) is 46.8. The quantitative estimate of drug-likeness (QED) is 0.0947. The van der Waals surface area contributed by atoms with Crippen LogP contribution in [-0.2, 0) is 27.3 Å². The molecule has 1 atom stereocenters. The molecule has 0 spiro atoms. The first-order valence-corrected chi connectivity index (χ1v) is 16.7. The van der Waals surface area contributed by atoms with E-state index in [1.165, 1.54) is 0 Å². The van der Waals surface area contributed by atoms with Crippen molar-refractivity contribution in [2.24, 2.45) is 0 Å². The Morgan fingerprint density at radius 3 is 2.41 bits per heavy atom. The van der Waals surface area contributed by atoms with Crippen LogP contribution in [0.4, 0.5) is 13.2 Å². The van der Waals surface area contributed by atoms with Crippen LogP contribution in [0.25, 0.3) is 22.2 Å². The van der Waals surface area contributed by atoms with E-state index in [0.717, 1.165) is 76.2 Å². The molecule has 5 aromatic rings. The summed E-state index contributed by atoms with van der Waals surface area (Å²) in [6, 6.07) is 19.8. The van der Waals surface area contributed by atoms with E-state index < -0.39 is 12.1 Å². The number of carbonyl (C=O) groups excluding carboxylic acids is 2. The van der Waals surface area contributed by atoms with Crippen molar-refractivity contribution < 1.29 is 37.4 Å². The van der Waals surface area contributed by atoms with E-state index >= 15 is 0 Å². The molecular formula is C38H42F3N5O5. The second-order valence-electron chi connectivity index (χ2n) is 12.0. The van der Waals surface area contributed by atoms with Crippen LogP contribution in [0.2, 0.25) is 0 Å². The SMILES string of the molecule is CCC(=O)CCCCC[C@H](NC(=O)Cc1c(C)n(Cc2cccnc2)c2ccc(OC)cc12)c1ncc(-c2ccccc2)[nH]1.O=C(O)C(F)(F)F. The third-order valence-electron chi connectivity index (χ3n) is 8.49. The molecule has 5 rings (SSSR count). The number of methoxy groups -OCH3 is 1. The molecule has 0 fully saturated rings. The first-order valence-electron chi connectivity index (χ1n) is 16.7. The lowest BCUT2D eigenvalue weighted by Gasteiger charge is -2.17. The van der Waals surface area contributed by atoms with Gasteiger partial charge in [-0.05, 0) is 60.7 Å². The van der Waals surface area contributed by atoms with E-state index in [1.54, 1.807) is 13.3 Å². The van der Waals surface area contributed by atoms with Crippen LogP contribution >= 0.6 is 0 Å². The third-order valence-corrected chi connectivity index (χ3v) is 8.49. The Bertz CT molecular complexity index is 1910. The highest BCUT2D eigenvalue weighted by molar-refractivity contribution is 5.92. The van der Waals surface area contributed by atoms with Crippen molar-refractivity contribution in [2.45, 2.75) is 77.6 Å². The van der Waals surface area contributed by atoms with Crippen molar-refractivity contribution in [3.05, 3.63) is 102 Å². The van der Waals surface area contributed by atoms with Crippen LogP contribution < -0.4 is 10.1 Å². The lowest BCUT2D eigenvalue weighted by Crippen LogP contribution is -2.30. The number of aliphatic carboxylic acids is 1. The average Bonchev–Trinajstić information content (AvgIpc) is 3.71. The van der Waals surface area contributed by atoms with Gasteiger partial charge in [0.15, 0.2) is 0 Å². The predicted octanol–water partition coefficient (Wildman–Crippen LogP) is 7.75. The van der Waals surface area contributed by atoms with Gasteiger partial charge in [-0.2, -0.15) is 13.2 Å². The number of unbranched alkanes of at least 4 members (excludes halogenated alkanes) is 2. The van der Waals surface area contributed by atoms with Gasteiger partial charge in [-0.15, -0.1) is 0 Å².